The first-order chi connectivity index (χ1) is 16.0. The summed E-state index contributed by atoms with van der Waals surface area (Å²) >= 11 is 3.58. The van der Waals surface area contributed by atoms with Crippen LogP contribution in [0, 0.1) is 0 Å². The molecule has 1 saturated carbocycles. The molecule has 0 radical (unpaired) electrons. The SMILES string of the molecule is C.COc1cc(CNC2CCC(Nc3nc(N(C)C)c4ccccc4n3)CC2)cc(Br)c1OC. The van der Waals surface area contributed by atoms with Gasteiger partial charge in [-0.15, -0.1) is 0 Å². The zero-order valence-corrected chi connectivity index (χ0v) is 21.3. The van der Waals surface area contributed by atoms with Gasteiger partial charge in [0.1, 0.15) is 5.82 Å². The third-order valence-corrected chi connectivity index (χ3v) is 6.74. The van der Waals surface area contributed by atoms with E-state index in [-0.39, 0.29) is 7.43 Å². The molecule has 0 saturated heterocycles. The van der Waals surface area contributed by atoms with Gasteiger partial charge in [-0.1, -0.05) is 19.6 Å². The van der Waals surface area contributed by atoms with Gasteiger partial charge in [0.15, 0.2) is 11.5 Å². The van der Waals surface area contributed by atoms with Crippen LogP contribution in [0.4, 0.5) is 11.8 Å². The summed E-state index contributed by atoms with van der Waals surface area (Å²) in [5.74, 6) is 3.12. The van der Waals surface area contributed by atoms with E-state index < -0.39 is 0 Å². The number of nitrogens with zero attached hydrogens (tertiary/aromatic N) is 3. The van der Waals surface area contributed by atoms with Crippen LogP contribution in [-0.2, 0) is 6.54 Å². The number of benzene rings is 2. The molecule has 0 unspecified atom stereocenters. The quantitative estimate of drug-likeness (QED) is 0.392. The minimum atomic E-state index is 0. The maximum Gasteiger partial charge on any atom is 0.225 e. The summed E-state index contributed by atoms with van der Waals surface area (Å²) in [4.78, 5) is 11.6. The zero-order valence-electron chi connectivity index (χ0n) is 19.7. The van der Waals surface area contributed by atoms with Crippen molar-refractivity contribution < 1.29 is 9.47 Å². The number of halogens is 1. The first-order valence-corrected chi connectivity index (χ1v) is 12.1. The van der Waals surface area contributed by atoms with Crippen LogP contribution in [0.1, 0.15) is 38.7 Å². The maximum absolute atomic E-state index is 5.46. The van der Waals surface area contributed by atoms with Crippen molar-refractivity contribution >= 4 is 38.6 Å². The van der Waals surface area contributed by atoms with Crippen molar-refractivity contribution in [2.75, 3.05) is 38.5 Å². The molecule has 0 atom stereocenters. The average molecular weight is 531 g/mol. The average Bonchev–Trinajstić information content (AvgIpc) is 2.82. The standard InChI is InChI=1S/C25H32BrN5O2.CH4/c1-31(2)24-19-7-5-6-8-21(19)29-25(30-24)28-18-11-9-17(10-12-18)27-15-16-13-20(26)23(33-4)22(14-16)32-3;/h5-8,13-14,17-18,27H,9-12,15H2,1-4H3,(H,28,29,30);1H4. The predicted molar refractivity (Wildman–Crippen MR) is 144 cm³/mol. The van der Waals surface area contributed by atoms with E-state index in [0.717, 1.165) is 64.9 Å². The highest BCUT2D eigenvalue weighted by molar-refractivity contribution is 9.10. The normalized spacial score (nSPS) is 17.7. The molecule has 1 aromatic heterocycles. The Morgan fingerprint density at radius 3 is 2.38 bits per heavy atom. The molecule has 34 heavy (non-hydrogen) atoms. The molecule has 184 valence electrons. The highest BCUT2D eigenvalue weighted by Crippen LogP contribution is 2.36. The Morgan fingerprint density at radius 2 is 1.71 bits per heavy atom. The summed E-state index contributed by atoms with van der Waals surface area (Å²) in [6, 6.07) is 13.2. The van der Waals surface area contributed by atoms with Crippen molar-refractivity contribution in [2.24, 2.45) is 0 Å². The van der Waals surface area contributed by atoms with Gasteiger partial charge in [0.05, 0.1) is 24.2 Å². The van der Waals surface area contributed by atoms with E-state index in [1.165, 1.54) is 5.56 Å². The van der Waals surface area contributed by atoms with E-state index in [1.807, 2.05) is 43.3 Å². The fourth-order valence-corrected chi connectivity index (χ4v) is 5.08. The number of ether oxygens (including phenoxy) is 2. The number of nitrogens with one attached hydrogen (secondary N) is 2. The molecule has 2 N–H and O–H groups in total. The lowest BCUT2D eigenvalue weighted by molar-refractivity contribution is 0.347. The van der Waals surface area contributed by atoms with Gasteiger partial charge in [-0.05, 0) is 71.4 Å². The van der Waals surface area contributed by atoms with E-state index in [1.54, 1.807) is 14.2 Å². The van der Waals surface area contributed by atoms with Gasteiger partial charge in [0, 0.05) is 38.1 Å². The van der Waals surface area contributed by atoms with Crippen molar-refractivity contribution in [1.29, 1.82) is 0 Å². The Kier molecular flexibility index (Phi) is 8.97. The predicted octanol–water partition coefficient (Wildman–Crippen LogP) is 5.62. The van der Waals surface area contributed by atoms with Crippen LogP contribution in [0.5, 0.6) is 11.5 Å². The van der Waals surface area contributed by atoms with Crippen molar-refractivity contribution in [3.8, 4) is 11.5 Å². The minimum absolute atomic E-state index is 0. The first kappa shape index (κ1) is 26.0. The van der Waals surface area contributed by atoms with Gasteiger partial charge >= 0.3 is 0 Å². The molecule has 0 aliphatic heterocycles. The number of anilines is 2. The fraction of sp³-hybridized carbons (Fsp3) is 0.462. The number of aromatic nitrogens is 2. The van der Waals surface area contributed by atoms with Crippen molar-refractivity contribution in [3.05, 3.63) is 46.4 Å². The van der Waals surface area contributed by atoms with E-state index in [0.29, 0.717) is 18.0 Å². The zero-order chi connectivity index (χ0) is 23.4. The molecule has 1 aliphatic carbocycles. The Hall–Kier alpha value is -2.58. The van der Waals surface area contributed by atoms with E-state index in [2.05, 4.69) is 38.7 Å². The van der Waals surface area contributed by atoms with Crippen LogP contribution in [-0.4, -0.2) is 50.4 Å². The first-order valence-electron chi connectivity index (χ1n) is 11.3. The number of hydrogen-bond acceptors (Lipinski definition) is 7. The van der Waals surface area contributed by atoms with Crippen LogP contribution >= 0.6 is 15.9 Å². The third-order valence-electron chi connectivity index (χ3n) is 6.16. The van der Waals surface area contributed by atoms with Crippen LogP contribution < -0.4 is 25.0 Å². The molecule has 1 aliphatic rings. The summed E-state index contributed by atoms with van der Waals surface area (Å²) in [6.45, 7) is 0.793. The second-order valence-electron chi connectivity index (χ2n) is 8.67. The Balaban J connectivity index is 0.00000324. The van der Waals surface area contributed by atoms with Crippen molar-refractivity contribution in [2.45, 2.75) is 51.7 Å². The van der Waals surface area contributed by atoms with Gasteiger partial charge in [-0.25, -0.2) is 4.98 Å². The van der Waals surface area contributed by atoms with Gasteiger partial charge in [-0.2, -0.15) is 4.98 Å². The number of fused-ring (bicyclic) bond motifs is 1. The van der Waals surface area contributed by atoms with Gasteiger partial charge in [-0.3, -0.25) is 0 Å². The van der Waals surface area contributed by atoms with Crippen molar-refractivity contribution in [1.82, 2.24) is 15.3 Å². The molecule has 3 aromatic rings. The molecule has 4 rings (SSSR count). The molecule has 0 bridgehead atoms. The summed E-state index contributed by atoms with van der Waals surface area (Å²) in [5, 5.41) is 8.36. The largest absolute Gasteiger partial charge is 0.493 e. The summed E-state index contributed by atoms with van der Waals surface area (Å²) in [6.07, 6.45) is 4.39. The van der Waals surface area contributed by atoms with Gasteiger partial charge in [0.2, 0.25) is 5.95 Å². The molecule has 7 nitrogen and oxygen atoms in total. The highest BCUT2D eigenvalue weighted by Gasteiger charge is 2.22. The molecule has 1 heterocycles. The van der Waals surface area contributed by atoms with Gasteiger partial charge < -0.3 is 25.0 Å². The monoisotopic (exact) mass is 529 g/mol. The molecule has 0 amide bonds. The van der Waals surface area contributed by atoms with Crippen LogP contribution in [0.15, 0.2) is 40.9 Å². The molecular formula is C26H36BrN5O2. The summed E-state index contributed by atoms with van der Waals surface area (Å²) < 4.78 is 11.8. The highest BCUT2D eigenvalue weighted by atomic mass is 79.9. The number of para-hydroxylation sites is 1. The van der Waals surface area contributed by atoms with Crippen LogP contribution in [0.3, 0.4) is 0 Å². The topological polar surface area (TPSA) is 71.5 Å². The summed E-state index contributed by atoms with van der Waals surface area (Å²) in [7, 11) is 7.35. The van der Waals surface area contributed by atoms with E-state index >= 15 is 0 Å². The molecule has 8 heteroatoms. The summed E-state index contributed by atoms with van der Waals surface area (Å²) in [5.41, 5.74) is 2.13. The maximum atomic E-state index is 5.46. The Labute approximate surface area is 211 Å². The number of rotatable bonds is 8. The van der Waals surface area contributed by atoms with E-state index in [4.69, 9.17) is 19.4 Å². The Bertz CT molecular complexity index is 1100. The molecule has 2 aromatic carbocycles. The fourth-order valence-electron chi connectivity index (χ4n) is 4.43. The lowest BCUT2D eigenvalue weighted by atomic mass is 9.91. The van der Waals surface area contributed by atoms with Crippen LogP contribution in [0.2, 0.25) is 0 Å². The number of hydrogen-bond donors (Lipinski definition) is 2. The Morgan fingerprint density at radius 1 is 1.00 bits per heavy atom. The lowest BCUT2D eigenvalue weighted by Gasteiger charge is -2.30. The van der Waals surface area contributed by atoms with Crippen molar-refractivity contribution in [3.63, 3.8) is 0 Å². The van der Waals surface area contributed by atoms with Gasteiger partial charge in [0.25, 0.3) is 0 Å². The minimum Gasteiger partial charge on any atom is -0.493 e. The second kappa shape index (κ2) is 11.7. The third kappa shape index (κ3) is 5.91. The lowest BCUT2D eigenvalue weighted by Crippen LogP contribution is -2.37. The molecule has 1 fully saturated rings. The molecular weight excluding hydrogens is 494 g/mol. The van der Waals surface area contributed by atoms with E-state index in [9.17, 15) is 0 Å². The second-order valence-corrected chi connectivity index (χ2v) is 9.52. The molecule has 0 spiro atoms. The number of methoxy groups -OCH3 is 2. The van der Waals surface area contributed by atoms with Crippen LogP contribution in [0.25, 0.3) is 10.9 Å². The smallest absolute Gasteiger partial charge is 0.225 e.